The van der Waals surface area contributed by atoms with Gasteiger partial charge in [-0.05, 0) is 30.3 Å². The molecule has 2 rings (SSSR count). The van der Waals surface area contributed by atoms with Crippen molar-refractivity contribution < 1.29 is 27.8 Å². The number of aromatic nitrogens is 1. The molecule has 1 aromatic carbocycles. The summed E-state index contributed by atoms with van der Waals surface area (Å²) in [5.41, 5.74) is 0.256. The van der Waals surface area contributed by atoms with Crippen LogP contribution in [0.2, 0.25) is 0 Å². The Morgan fingerprint density at radius 1 is 1.19 bits per heavy atom. The van der Waals surface area contributed by atoms with Crippen molar-refractivity contribution in [1.29, 1.82) is 0 Å². The van der Waals surface area contributed by atoms with Crippen LogP contribution in [0.25, 0.3) is 0 Å². The Bertz CT molecular complexity index is 642. The molecule has 1 amide bonds. The van der Waals surface area contributed by atoms with Crippen molar-refractivity contribution in [3.8, 4) is 11.5 Å². The highest BCUT2D eigenvalue weighted by molar-refractivity contribution is 6.05. The van der Waals surface area contributed by atoms with E-state index in [1.165, 1.54) is 24.4 Å². The van der Waals surface area contributed by atoms with Gasteiger partial charge in [-0.15, -0.1) is 13.2 Å². The molecule has 8 heteroatoms. The van der Waals surface area contributed by atoms with Gasteiger partial charge >= 0.3 is 6.36 Å². The molecule has 0 bridgehead atoms. The van der Waals surface area contributed by atoms with Crippen molar-refractivity contribution in [1.82, 2.24) is 4.98 Å². The largest absolute Gasteiger partial charge is 0.573 e. The van der Waals surface area contributed by atoms with Gasteiger partial charge in [0.15, 0.2) is 0 Å². The maximum Gasteiger partial charge on any atom is 0.573 e. The van der Waals surface area contributed by atoms with Crippen molar-refractivity contribution in [2.45, 2.75) is 6.36 Å². The Morgan fingerprint density at radius 3 is 2.43 bits per heavy atom. The Labute approximate surface area is 117 Å². The van der Waals surface area contributed by atoms with Crippen LogP contribution in [-0.2, 0) is 0 Å². The van der Waals surface area contributed by atoms with Crippen LogP contribution in [0.15, 0.2) is 42.7 Å². The number of rotatable bonds is 3. The van der Waals surface area contributed by atoms with Crippen molar-refractivity contribution in [2.24, 2.45) is 0 Å². The van der Waals surface area contributed by atoms with Crippen molar-refractivity contribution in [3.05, 3.63) is 48.3 Å². The highest BCUT2D eigenvalue weighted by Gasteiger charge is 2.30. The molecule has 0 radical (unpaired) electrons. The molecule has 0 saturated carbocycles. The highest BCUT2D eigenvalue weighted by Crippen LogP contribution is 2.24. The summed E-state index contributed by atoms with van der Waals surface area (Å²) in [4.78, 5) is 15.5. The number of nitrogens with one attached hydrogen (secondary N) is 1. The van der Waals surface area contributed by atoms with Gasteiger partial charge in [-0.3, -0.25) is 9.78 Å². The van der Waals surface area contributed by atoms with Crippen LogP contribution >= 0.6 is 0 Å². The quantitative estimate of drug-likeness (QED) is 0.914. The zero-order chi connectivity index (χ0) is 15.5. The third-order valence-corrected chi connectivity index (χ3v) is 2.39. The molecular weight excluding hydrogens is 289 g/mol. The summed E-state index contributed by atoms with van der Waals surface area (Å²) in [6.07, 6.45) is -2.34. The maximum absolute atomic E-state index is 12.0. The van der Waals surface area contributed by atoms with Gasteiger partial charge in [-0.25, -0.2) is 0 Å². The predicted molar refractivity (Wildman–Crippen MR) is 67.0 cm³/mol. The summed E-state index contributed by atoms with van der Waals surface area (Å²) in [6, 6.07) is 5.94. The van der Waals surface area contributed by atoms with Crippen LogP contribution in [0.1, 0.15) is 10.4 Å². The van der Waals surface area contributed by atoms with Crippen molar-refractivity contribution >= 4 is 11.6 Å². The van der Waals surface area contributed by atoms with Crippen molar-refractivity contribution in [3.63, 3.8) is 0 Å². The van der Waals surface area contributed by atoms with Gasteiger partial charge in [0.25, 0.3) is 5.91 Å². The minimum Gasteiger partial charge on any atom is -0.505 e. The Kier molecular flexibility index (Phi) is 3.97. The summed E-state index contributed by atoms with van der Waals surface area (Å²) in [5.74, 6) is -1.31. The molecule has 1 heterocycles. The summed E-state index contributed by atoms with van der Waals surface area (Å²) in [6.45, 7) is 0. The molecule has 1 aromatic heterocycles. The van der Waals surface area contributed by atoms with Crippen molar-refractivity contribution in [2.75, 3.05) is 5.32 Å². The zero-order valence-corrected chi connectivity index (χ0v) is 10.4. The number of carbonyl (C=O) groups excluding carboxylic acids is 1. The number of nitrogens with zero attached hydrogens (tertiary/aromatic N) is 1. The van der Waals surface area contributed by atoms with Crippen LogP contribution < -0.4 is 10.1 Å². The first-order chi connectivity index (χ1) is 9.85. The number of pyridine rings is 1. The van der Waals surface area contributed by atoms with Gasteiger partial charge in [0.1, 0.15) is 11.5 Å². The second-order valence-corrected chi connectivity index (χ2v) is 3.92. The first-order valence-electron chi connectivity index (χ1n) is 5.65. The lowest BCUT2D eigenvalue weighted by Crippen LogP contribution is -2.17. The Hall–Kier alpha value is -2.77. The average Bonchev–Trinajstić information content (AvgIpc) is 2.40. The minimum atomic E-state index is -4.77. The molecule has 110 valence electrons. The molecule has 0 aliphatic rings. The number of hydrogen-bond acceptors (Lipinski definition) is 4. The first-order valence-corrected chi connectivity index (χ1v) is 5.65. The van der Waals surface area contributed by atoms with Crippen LogP contribution in [0, 0.1) is 0 Å². The number of alkyl halides is 3. The number of amides is 1. The molecule has 5 nitrogen and oxygen atoms in total. The molecule has 0 aliphatic carbocycles. The van der Waals surface area contributed by atoms with E-state index in [1.54, 1.807) is 0 Å². The third kappa shape index (κ3) is 4.10. The second kappa shape index (κ2) is 5.70. The maximum atomic E-state index is 12.0. The van der Waals surface area contributed by atoms with Gasteiger partial charge in [0, 0.05) is 11.9 Å². The van der Waals surface area contributed by atoms with Gasteiger partial charge in [-0.2, -0.15) is 0 Å². The number of ether oxygens (including phenoxy) is 1. The lowest BCUT2D eigenvalue weighted by Gasteiger charge is -2.10. The van der Waals surface area contributed by atoms with Gasteiger partial charge in [-0.1, -0.05) is 0 Å². The van der Waals surface area contributed by atoms with Crippen LogP contribution in [0.3, 0.4) is 0 Å². The third-order valence-electron chi connectivity index (χ3n) is 2.39. The Morgan fingerprint density at radius 2 is 1.86 bits per heavy atom. The minimum absolute atomic E-state index is 0.000572. The number of anilines is 1. The SMILES string of the molecule is O=C(Nc1ccc(OC(F)(F)F)cc1)c1ccncc1O. The second-order valence-electron chi connectivity index (χ2n) is 3.92. The normalized spacial score (nSPS) is 11.0. The van der Waals surface area contributed by atoms with E-state index in [1.807, 2.05) is 0 Å². The number of carbonyl (C=O) groups is 1. The number of benzene rings is 1. The topological polar surface area (TPSA) is 71.5 Å². The fourth-order valence-corrected chi connectivity index (χ4v) is 1.52. The van der Waals surface area contributed by atoms with E-state index < -0.39 is 18.0 Å². The molecule has 2 N–H and O–H groups in total. The Balaban J connectivity index is 2.07. The molecule has 2 aromatic rings. The van der Waals surface area contributed by atoms with Crippen LogP contribution in [-0.4, -0.2) is 22.4 Å². The summed E-state index contributed by atoms with van der Waals surface area (Å²) >= 11 is 0. The molecule has 0 spiro atoms. The summed E-state index contributed by atoms with van der Waals surface area (Å²) in [5, 5.41) is 11.9. The molecule has 0 unspecified atom stereocenters. The molecule has 0 aliphatic heterocycles. The van der Waals surface area contributed by atoms with E-state index >= 15 is 0 Å². The zero-order valence-electron chi connectivity index (χ0n) is 10.4. The molecular formula is C13H9F3N2O3. The monoisotopic (exact) mass is 298 g/mol. The van der Waals surface area contributed by atoms with Gasteiger partial charge in [0.2, 0.25) is 0 Å². The number of hydrogen-bond donors (Lipinski definition) is 2. The van der Waals surface area contributed by atoms with E-state index in [2.05, 4.69) is 15.0 Å². The lowest BCUT2D eigenvalue weighted by molar-refractivity contribution is -0.274. The van der Waals surface area contributed by atoms with Gasteiger partial charge < -0.3 is 15.2 Å². The number of aromatic hydroxyl groups is 1. The lowest BCUT2D eigenvalue weighted by atomic mass is 10.2. The smallest absolute Gasteiger partial charge is 0.505 e. The van der Waals surface area contributed by atoms with Crippen LogP contribution in [0.4, 0.5) is 18.9 Å². The highest BCUT2D eigenvalue weighted by atomic mass is 19.4. The summed E-state index contributed by atoms with van der Waals surface area (Å²) in [7, 11) is 0. The van der Waals surface area contributed by atoms with E-state index in [-0.39, 0.29) is 17.0 Å². The van der Waals surface area contributed by atoms with E-state index in [0.29, 0.717) is 0 Å². The van der Waals surface area contributed by atoms with Gasteiger partial charge in [0.05, 0.1) is 11.8 Å². The molecule has 21 heavy (non-hydrogen) atoms. The average molecular weight is 298 g/mol. The fraction of sp³-hybridized carbons (Fsp3) is 0.0769. The van der Waals surface area contributed by atoms with Crippen LogP contribution in [0.5, 0.6) is 11.5 Å². The predicted octanol–water partition coefficient (Wildman–Crippen LogP) is 2.94. The van der Waals surface area contributed by atoms with E-state index in [9.17, 15) is 23.1 Å². The van der Waals surface area contributed by atoms with E-state index in [4.69, 9.17) is 0 Å². The molecule has 0 fully saturated rings. The fourth-order valence-electron chi connectivity index (χ4n) is 1.52. The summed E-state index contributed by atoms with van der Waals surface area (Å²) < 4.78 is 39.7. The van der Waals surface area contributed by atoms with E-state index in [0.717, 1.165) is 18.3 Å². The first kappa shape index (κ1) is 14.6. The number of halogens is 3. The molecule has 0 atom stereocenters. The molecule has 0 saturated heterocycles. The standard InChI is InChI=1S/C13H9F3N2O3/c14-13(15,16)21-9-3-1-8(2-4-9)18-12(20)10-5-6-17-7-11(10)19/h1-7,19H,(H,18,20).